The Hall–Kier alpha value is -0.820. The van der Waals surface area contributed by atoms with Crippen LogP contribution in [0, 0.1) is 6.92 Å². The summed E-state index contributed by atoms with van der Waals surface area (Å²) in [5.74, 6) is 0. The Labute approximate surface area is 92.9 Å². The molecular weight excluding hydrogens is 182 g/mol. The van der Waals surface area contributed by atoms with Crippen LogP contribution in [0.2, 0.25) is 0 Å². The fourth-order valence-electron chi connectivity index (χ4n) is 2.50. The minimum absolute atomic E-state index is 0.617. The molecule has 0 heterocycles. The molecule has 0 amide bonds. The average molecular weight is 203 g/mol. The van der Waals surface area contributed by atoms with E-state index in [9.17, 15) is 0 Å². The highest BCUT2D eigenvalue weighted by Gasteiger charge is 2.22. The van der Waals surface area contributed by atoms with Gasteiger partial charge in [0.05, 0.1) is 0 Å². The van der Waals surface area contributed by atoms with E-state index in [1.807, 2.05) is 0 Å². The van der Waals surface area contributed by atoms with Gasteiger partial charge in [-0.1, -0.05) is 31.5 Å². The summed E-state index contributed by atoms with van der Waals surface area (Å²) in [6.07, 6.45) is 5.10. The van der Waals surface area contributed by atoms with E-state index in [0.717, 1.165) is 6.54 Å². The lowest BCUT2D eigenvalue weighted by molar-refractivity contribution is 0.518. The molecule has 1 atom stereocenters. The van der Waals surface area contributed by atoms with Crippen molar-refractivity contribution in [3.05, 3.63) is 34.9 Å². The molecule has 1 N–H and O–H groups in total. The second-order valence-electron chi connectivity index (χ2n) is 4.54. The van der Waals surface area contributed by atoms with Gasteiger partial charge in [-0.2, -0.15) is 0 Å². The van der Waals surface area contributed by atoms with Crippen LogP contribution in [0.3, 0.4) is 0 Å². The summed E-state index contributed by atoms with van der Waals surface area (Å²) in [4.78, 5) is 0. The highest BCUT2D eigenvalue weighted by Crippen LogP contribution is 2.32. The molecule has 1 nitrogen and oxygen atoms in total. The third-order valence-electron chi connectivity index (χ3n) is 3.43. The van der Waals surface area contributed by atoms with Crippen molar-refractivity contribution >= 4 is 0 Å². The van der Waals surface area contributed by atoms with E-state index in [4.69, 9.17) is 0 Å². The van der Waals surface area contributed by atoms with Gasteiger partial charge in [0.25, 0.3) is 0 Å². The monoisotopic (exact) mass is 203 g/mol. The van der Waals surface area contributed by atoms with Gasteiger partial charge in [0.1, 0.15) is 0 Å². The zero-order chi connectivity index (χ0) is 10.7. The number of rotatable bonds is 4. The van der Waals surface area contributed by atoms with Crippen LogP contribution in [0.5, 0.6) is 0 Å². The van der Waals surface area contributed by atoms with Crippen LogP contribution >= 0.6 is 0 Å². The topological polar surface area (TPSA) is 12.0 Å². The van der Waals surface area contributed by atoms with Crippen LogP contribution in [-0.2, 0) is 6.42 Å². The van der Waals surface area contributed by atoms with Crippen molar-refractivity contribution in [2.75, 3.05) is 6.54 Å². The SMILES string of the molecule is CCCCNC1CCc2c(C)cccc21. The molecular formula is C14H21N. The highest BCUT2D eigenvalue weighted by molar-refractivity contribution is 5.40. The molecule has 1 aliphatic rings. The van der Waals surface area contributed by atoms with E-state index >= 15 is 0 Å². The summed E-state index contributed by atoms with van der Waals surface area (Å²) in [5, 5.41) is 3.67. The predicted octanol–water partition coefficient (Wildman–Crippen LogP) is 3.37. The Morgan fingerprint density at radius 3 is 3.07 bits per heavy atom. The average Bonchev–Trinajstić information content (AvgIpc) is 2.64. The number of hydrogen-bond donors (Lipinski definition) is 1. The van der Waals surface area contributed by atoms with Gasteiger partial charge >= 0.3 is 0 Å². The van der Waals surface area contributed by atoms with E-state index in [0.29, 0.717) is 6.04 Å². The Bertz CT molecular complexity index is 330. The predicted molar refractivity (Wildman–Crippen MR) is 65.2 cm³/mol. The number of aryl methyl sites for hydroxylation is 1. The van der Waals surface area contributed by atoms with Gasteiger partial charge in [0, 0.05) is 6.04 Å². The first-order valence-corrected chi connectivity index (χ1v) is 6.14. The van der Waals surface area contributed by atoms with Gasteiger partial charge in [-0.3, -0.25) is 0 Å². The zero-order valence-corrected chi connectivity index (χ0v) is 9.84. The molecule has 1 unspecified atom stereocenters. The summed E-state index contributed by atoms with van der Waals surface area (Å²) >= 11 is 0. The second-order valence-corrected chi connectivity index (χ2v) is 4.54. The van der Waals surface area contributed by atoms with Gasteiger partial charge in [0.2, 0.25) is 0 Å². The molecule has 0 aliphatic heterocycles. The Morgan fingerprint density at radius 1 is 1.40 bits per heavy atom. The highest BCUT2D eigenvalue weighted by atomic mass is 14.9. The van der Waals surface area contributed by atoms with Crippen molar-refractivity contribution in [3.8, 4) is 0 Å². The summed E-state index contributed by atoms with van der Waals surface area (Å²) < 4.78 is 0. The van der Waals surface area contributed by atoms with Crippen molar-refractivity contribution in [2.24, 2.45) is 0 Å². The van der Waals surface area contributed by atoms with Crippen LogP contribution in [0.4, 0.5) is 0 Å². The molecule has 15 heavy (non-hydrogen) atoms. The summed E-state index contributed by atoms with van der Waals surface area (Å²) in [6.45, 7) is 5.64. The van der Waals surface area contributed by atoms with E-state index in [1.54, 1.807) is 11.1 Å². The Morgan fingerprint density at radius 2 is 2.27 bits per heavy atom. The van der Waals surface area contributed by atoms with Crippen LogP contribution in [0.25, 0.3) is 0 Å². The van der Waals surface area contributed by atoms with E-state index in [-0.39, 0.29) is 0 Å². The third kappa shape index (κ3) is 2.23. The van der Waals surface area contributed by atoms with Gasteiger partial charge in [-0.15, -0.1) is 0 Å². The molecule has 1 heteroatoms. The van der Waals surface area contributed by atoms with Crippen molar-refractivity contribution in [1.82, 2.24) is 5.32 Å². The van der Waals surface area contributed by atoms with Crippen molar-refractivity contribution in [2.45, 2.75) is 45.6 Å². The molecule has 2 rings (SSSR count). The molecule has 0 aromatic heterocycles. The first-order chi connectivity index (χ1) is 7.33. The third-order valence-corrected chi connectivity index (χ3v) is 3.43. The van der Waals surface area contributed by atoms with Gasteiger partial charge in [-0.25, -0.2) is 0 Å². The van der Waals surface area contributed by atoms with Crippen molar-refractivity contribution in [1.29, 1.82) is 0 Å². The van der Waals surface area contributed by atoms with Crippen molar-refractivity contribution < 1.29 is 0 Å². The van der Waals surface area contributed by atoms with Crippen molar-refractivity contribution in [3.63, 3.8) is 0 Å². The first kappa shape index (κ1) is 10.7. The number of nitrogens with one attached hydrogen (secondary N) is 1. The lowest BCUT2D eigenvalue weighted by atomic mass is 10.0. The van der Waals surface area contributed by atoms with Crippen LogP contribution in [0.1, 0.15) is 48.9 Å². The molecule has 82 valence electrons. The molecule has 0 saturated carbocycles. The molecule has 1 aliphatic carbocycles. The smallest absolute Gasteiger partial charge is 0.0326 e. The van der Waals surface area contributed by atoms with E-state index in [2.05, 4.69) is 37.4 Å². The Kier molecular flexibility index (Phi) is 3.42. The van der Waals surface area contributed by atoms with E-state index < -0.39 is 0 Å². The number of hydrogen-bond acceptors (Lipinski definition) is 1. The van der Waals surface area contributed by atoms with Gasteiger partial charge < -0.3 is 5.32 Å². The van der Waals surface area contributed by atoms with Gasteiger partial charge in [-0.05, 0) is 49.4 Å². The molecule has 0 saturated heterocycles. The fourth-order valence-corrected chi connectivity index (χ4v) is 2.50. The molecule has 0 spiro atoms. The van der Waals surface area contributed by atoms with E-state index in [1.165, 1.54) is 31.2 Å². The normalized spacial score (nSPS) is 19.2. The number of unbranched alkanes of at least 4 members (excludes halogenated alkanes) is 1. The largest absolute Gasteiger partial charge is 0.310 e. The molecule has 0 bridgehead atoms. The maximum atomic E-state index is 3.67. The fraction of sp³-hybridized carbons (Fsp3) is 0.571. The summed E-state index contributed by atoms with van der Waals surface area (Å²) in [5.41, 5.74) is 4.60. The molecule has 1 aromatic rings. The summed E-state index contributed by atoms with van der Waals surface area (Å²) in [7, 11) is 0. The van der Waals surface area contributed by atoms with Crippen LogP contribution in [-0.4, -0.2) is 6.54 Å². The number of fused-ring (bicyclic) bond motifs is 1. The minimum atomic E-state index is 0.617. The minimum Gasteiger partial charge on any atom is -0.310 e. The molecule has 1 aromatic carbocycles. The second kappa shape index (κ2) is 4.80. The standard InChI is InChI=1S/C14H21N/c1-3-4-10-15-14-9-8-12-11(2)6-5-7-13(12)14/h5-7,14-15H,3-4,8-10H2,1-2H3. The van der Waals surface area contributed by atoms with Gasteiger partial charge in [0.15, 0.2) is 0 Å². The van der Waals surface area contributed by atoms with Crippen LogP contribution < -0.4 is 5.32 Å². The maximum Gasteiger partial charge on any atom is 0.0326 e. The maximum absolute atomic E-state index is 3.67. The summed E-state index contributed by atoms with van der Waals surface area (Å²) in [6, 6.07) is 7.33. The van der Waals surface area contributed by atoms with Crippen LogP contribution in [0.15, 0.2) is 18.2 Å². The lowest BCUT2D eigenvalue weighted by Crippen LogP contribution is -2.20. The lowest BCUT2D eigenvalue weighted by Gasteiger charge is -2.13. The first-order valence-electron chi connectivity index (χ1n) is 6.14. The number of benzene rings is 1. The quantitative estimate of drug-likeness (QED) is 0.740. The zero-order valence-electron chi connectivity index (χ0n) is 9.84. The molecule has 0 radical (unpaired) electrons. The Balaban J connectivity index is 2.05. The molecule has 0 fully saturated rings.